The van der Waals surface area contributed by atoms with Crippen LogP contribution in [0.3, 0.4) is 0 Å². The quantitative estimate of drug-likeness (QED) is 0.650. The van der Waals surface area contributed by atoms with E-state index in [4.69, 9.17) is 17.3 Å². The first-order valence-corrected chi connectivity index (χ1v) is 8.78. The van der Waals surface area contributed by atoms with Crippen molar-refractivity contribution in [1.82, 2.24) is 4.90 Å². The number of amides is 1. The topological polar surface area (TPSA) is 63.4 Å². The summed E-state index contributed by atoms with van der Waals surface area (Å²) in [7, 11) is 0. The molecule has 0 saturated heterocycles. The molecule has 0 radical (unpaired) electrons. The van der Waals surface area contributed by atoms with E-state index in [1.54, 1.807) is 29.2 Å². The van der Waals surface area contributed by atoms with Gasteiger partial charge in [0.05, 0.1) is 0 Å². The van der Waals surface area contributed by atoms with Crippen LogP contribution in [0, 0.1) is 0 Å². The molecule has 2 N–H and O–H groups in total. The summed E-state index contributed by atoms with van der Waals surface area (Å²) in [6.45, 7) is 1.66. The Hall–Kier alpha value is -1.88. The van der Waals surface area contributed by atoms with E-state index in [1.807, 2.05) is 30.3 Å². The number of benzene rings is 2. The predicted molar refractivity (Wildman–Crippen MR) is 108 cm³/mol. The maximum absolute atomic E-state index is 12.6. The number of hydrogen-bond donors (Lipinski definition) is 1. The molecule has 140 valence electrons. The number of nitrogens with two attached hydrogens (primary N) is 1. The number of Topliss-reactive ketones (excluding diaryl/α,β-unsaturated/α-hetero) is 1. The van der Waals surface area contributed by atoms with E-state index < -0.39 is 0 Å². The van der Waals surface area contributed by atoms with Crippen molar-refractivity contribution in [2.24, 2.45) is 5.73 Å². The fourth-order valence-corrected chi connectivity index (χ4v) is 2.66. The van der Waals surface area contributed by atoms with Gasteiger partial charge < -0.3 is 10.6 Å². The van der Waals surface area contributed by atoms with Crippen LogP contribution >= 0.6 is 24.0 Å². The Morgan fingerprint density at radius 1 is 0.962 bits per heavy atom. The van der Waals surface area contributed by atoms with Gasteiger partial charge in [-0.25, -0.2) is 0 Å². The number of halogens is 2. The van der Waals surface area contributed by atoms with Gasteiger partial charge in [0.25, 0.3) is 0 Å². The predicted octanol–water partition coefficient (Wildman–Crippen LogP) is 4.10. The average Bonchev–Trinajstić information content (AvgIpc) is 2.64. The van der Waals surface area contributed by atoms with Crippen molar-refractivity contribution in [3.8, 4) is 0 Å². The van der Waals surface area contributed by atoms with Gasteiger partial charge in [-0.3, -0.25) is 9.59 Å². The largest absolute Gasteiger partial charge is 0.338 e. The molecule has 4 nitrogen and oxygen atoms in total. The Labute approximate surface area is 165 Å². The molecule has 26 heavy (non-hydrogen) atoms. The summed E-state index contributed by atoms with van der Waals surface area (Å²) in [5.41, 5.74) is 7.22. The van der Waals surface area contributed by atoms with E-state index in [0.29, 0.717) is 30.2 Å². The molecule has 0 aliphatic heterocycles. The highest BCUT2D eigenvalue weighted by Crippen LogP contribution is 2.13. The minimum absolute atomic E-state index is 0. The van der Waals surface area contributed by atoms with Crippen molar-refractivity contribution in [2.45, 2.75) is 25.8 Å². The summed E-state index contributed by atoms with van der Waals surface area (Å²) in [6, 6.07) is 16.6. The van der Waals surface area contributed by atoms with Crippen LogP contribution in [0.15, 0.2) is 54.6 Å². The Balaban J connectivity index is 0.00000338. The van der Waals surface area contributed by atoms with Gasteiger partial charge in [-0.2, -0.15) is 0 Å². The number of carbonyl (C=O) groups is 2. The molecule has 0 aliphatic carbocycles. The molecule has 0 fully saturated rings. The first-order valence-electron chi connectivity index (χ1n) is 8.40. The SMILES string of the molecule is Cl.NCCCN(Cc1ccccc1)C(=O)CCC(=O)c1ccc(Cl)cc1. The number of ketones is 1. The zero-order valence-corrected chi connectivity index (χ0v) is 16.1. The summed E-state index contributed by atoms with van der Waals surface area (Å²) < 4.78 is 0. The summed E-state index contributed by atoms with van der Waals surface area (Å²) in [4.78, 5) is 26.6. The van der Waals surface area contributed by atoms with Gasteiger partial charge in [-0.1, -0.05) is 41.9 Å². The van der Waals surface area contributed by atoms with E-state index in [0.717, 1.165) is 12.0 Å². The van der Waals surface area contributed by atoms with Crippen LogP contribution in [-0.4, -0.2) is 29.7 Å². The van der Waals surface area contributed by atoms with Crippen LogP contribution in [0.25, 0.3) is 0 Å². The molecule has 0 aliphatic rings. The van der Waals surface area contributed by atoms with Crippen molar-refractivity contribution < 1.29 is 9.59 Å². The average molecular weight is 395 g/mol. The van der Waals surface area contributed by atoms with Crippen molar-refractivity contribution in [3.63, 3.8) is 0 Å². The molecular formula is C20H24Cl2N2O2. The van der Waals surface area contributed by atoms with E-state index >= 15 is 0 Å². The molecule has 0 saturated carbocycles. The lowest BCUT2D eigenvalue weighted by Crippen LogP contribution is -2.32. The lowest BCUT2D eigenvalue weighted by atomic mass is 10.1. The minimum atomic E-state index is -0.0523. The third kappa shape index (κ3) is 7.16. The van der Waals surface area contributed by atoms with E-state index in [1.165, 1.54) is 0 Å². The smallest absolute Gasteiger partial charge is 0.223 e. The van der Waals surface area contributed by atoms with Crippen molar-refractivity contribution in [3.05, 3.63) is 70.7 Å². The van der Waals surface area contributed by atoms with Crippen LogP contribution in [0.4, 0.5) is 0 Å². The van der Waals surface area contributed by atoms with Gasteiger partial charge >= 0.3 is 0 Å². The third-order valence-electron chi connectivity index (χ3n) is 3.93. The highest BCUT2D eigenvalue weighted by molar-refractivity contribution is 6.30. The molecule has 0 atom stereocenters. The highest BCUT2D eigenvalue weighted by Gasteiger charge is 2.16. The molecular weight excluding hydrogens is 371 g/mol. The number of rotatable bonds is 9. The Morgan fingerprint density at radius 2 is 1.62 bits per heavy atom. The van der Waals surface area contributed by atoms with Crippen LogP contribution in [-0.2, 0) is 11.3 Å². The fourth-order valence-electron chi connectivity index (χ4n) is 2.54. The van der Waals surface area contributed by atoms with Crippen molar-refractivity contribution in [1.29, 1.82) is 0 Å². The second-order valence-corrected chi connectivity index (χ2v) is 6.31. The van der Waals surface area contributed by atoms with Crippen LogP contribution in [0.5, 0.6) is 0 Å². The van der Waals surface area contributed by atoms with Crippen LogP contribution in [0.2, 0.25) is 5.02 Å². The molecule has 0 spiro atoms. The molecule has 0 bridgehead atoms. The zero-order chi connectivity index (χ0) is 18.1. The maximum atomic E-state index is 12.6. The third-order valence-corrected chi connectivity index (χ3v) is 4.19. The minimum Gasteiger partial charge on any atom is -0.338 e. The van der Waals surface area contributed by atoms with Crippen LogP contribution in [0.1, 0.15) is 35.2 Å². The van der Waals surface area contributed by atoms with E-state index in [-0.39, 0.29) is 36.9 Å². The number of carbonyl (C=O) groups excluding carboxylic acids is 2. The normalized spacial score (nSPS) is 10.1. The van der Waals surface area contributed by atoms with Gasteiger partial charge in [0.15, 0.2) is 5.78 Å². The molecule has 2 aromatic carbocycles. The molecule has 0 aromatic heterocycles. The van der Waals surface area contributed by atoms with Gasteiger partial charge in [0.1, 0.15) is 0 Å². The summed E-state index contributed by atoms with van der Waals surface area (Å²) >= 11 is 5.83. The molecule has 6 heteroatoms. The van der Waals surface area contributed by atoms with Gasteiger partial charge in [0, 0.05) is 36.5 Å². The van der Waals surface area contributed by atoms with Crippen molar-refractivity contribution >= 4 is 35.7 Å². The van der Waals surface area contributed by atoms with E-state index in [2.05, 4.69) is 0 Å². The summed E-state index contributed by atoms with van der Waals surface area (Å²) in [5.74, 6) is -0.0804. The molecule has 2 rings (SSSR count). The maximum Gasteiger partial charge on any atom is 0.223 e. The fraction of sp³-hybridized carbons (Fsp3) is 0.300. The Bertz CT molecular complexity index is 691. The van der Waals surface area contributed by atoms with Gasteiger partial charge in [-0.05, 0) is 42.8 Å². The highest BCUT2D eigenvalue weighted by atomic mass is 35.5. The lowest BCUT2D eigenvalue weighted by molar-refractivity contribution is -0.131. The molecule has 0 heterocycles. The lowest BCUT2D eigenvalue weighted by Gasteiger charge is -2.22. The van der Waals surface area contributed by atoms with E-state index in [9.17, 15) is 9.59 Å². The zero-order valence-electron chi connectivity index (χ0n) is 14.6. The Morgan fingerprint density at radius 3 is 2.23 bits per heavy atom. The molecule has 1 amide bonds. The van der Waals surface area contributed by atoms with Gasteiger partial charge in [-0.15, -0.1) is 12.4 Å². The number of nitrogens with zero attached hydrogens (tertiary/aromatic N) is 1. The van der Waals surface area contributed by atoms with Crippen LogP contribution < -0.4 is 5.73 Å². The summed E-state index contributed by atoms with van der Waals surface area (Å²) in [5, 5.41) is 0.587. The molecule has 2 aromatic rings. The second-order valence-electron chi connectivity index (χ2n) is 5.87. The first kappa shape index (κ1) is 22.2. The monoisotopic (exact) mass is 394 g/mol. The number of hydrogen-bond acceptors (Lipinski definition) is 3. The second kappa shape index (κ2) is 11.7. The molecule has 0 unspecified atom stereocenters. The van der Waals surface area contributed by atoms with Gasteiger partial charge in [0.2, 0.25) is 5.91 Å². The standard InChI is InChI=1S/C20H23ClN2O2.ClH/c21-18-9-7-17(8-10-18)19(24)11-12-20(25)23(14-4-13-22)15-16-5-2-1-3-6-16;/h1-3,5-10H,4,11-15,22H2;1H. The van der Waals surface area contributed by atoms with Crippen molar-refractivity contribution in [2.75, 3.05) is 13.1 Å². The Kier molecular flexibility index (Phi) is 9.96. The first-order chi connectivity index (χ1) is 12.1. The summed E-state index contributed by atoms with van der Waals surface area (Å²) in [6.07, 6.45) is 1.12.